The first-order chi connectivity index (χ1) is 2.00. The Hall–Kier alpha value is 1.53. The molecule has 0 unspecified atom stereocenters. The average Bonchev–Trinajstić information content (AvgIpc) is 0.722. The third kappa shape index (κ3) is 48.5. The minimum atomic E-state index is -1.18. The second-order valence-corrected chi connectivity index (χ2v) is 20.1. The molecule has 0 spiro atoms. The van der Waals surface area contributed by atoms with Gasteiger partial charge in [0.25, 0.3) is 0 Å². The second kappa shape index (κ2) is 3.52. The van der Waals surface area contributed by atoms with Crippen LogP contribution in [0.3, 0.4) is 0 Å². The van der Waals surface area contributed by atoms with Gasteiger partial charge in [-0.15, -0.1) is 24.0 Å². The van der Waals surface area contributed by atoms with Crippen LogP contribution in [-0.4, -0.2) is 18.4 Å². The van der Waals surface area contributed by atoms with Gasteiger partial charge in [-0.2, -0.15) is 0 Å². The summed E-state index contributed by atoms with van der Waals surface area (Å²) in [4.78, 5) is 9.59. The summed E-state index contributed by atoms with van der Waals surface area (Å²) in [6.07, 6.45) is 0. The Morgan fingerprint density at radius 2 is 0.833 bits per heavy atom. The summed E-state index contributed by atoms with van der Waals surface area (Å²) in [6, 6.07) is 0. The van der Waals surface area contributed by atoms with Gasteiger partial charge in [0, 0.05) is 0 Å². The van der Waals surface area contributed by atoms with E-state index in [1.165, 1.54) is 0 Å². The molecule has 0 aliphatic carbocycles. The molecule has 0 fully saturated rings. The van der Waals surface area contributed by atoms with Crippen LogP contribution in [0.1, 0.15) is 0 Å². The van der Waals surface area contributed by atoms with Crippen LogP contribution in [0.5, 0.6) is 0 Å². The molecule has 0 radical (unpaired) electrons. The van der Waals surface area contributed by atoms with E-state index in [-0.39, 0.29) is 24.0 Å². The summed E-state index contributed by atoms with van der Waals surface area (Å²) in [6.45, 7) is 0. The Kier molecular flexibility index (Phi) is 6.16. The molecular formula is C4H13ISn. The van der Waals surface area contributed by atoms with Crippen LogP contribution in [0, 0.1) is 0 Å². The Morgan fingerprint density at radius 3 is 0.833 bits per heavy atom. The van der Waals surface area contributed by atoms with Crippen LogP contribution < -0.4 is 0 Å². The molecule has 0 atom stereocenters. The van der Waals surface area contributed by atoms with Crippen LogP contribution in [0.15, 0.2) is 0 Å². The van der Waals surface area contributed by atoms with E-state index in [4.69, 9.17) is 0 Å². The van der Waals surface area contributed by atoms with Gasteiger partial charge in [-0.3, -0.25) is 0 Å². The Morgan fingerprint density at radius 1 is 0.833 bits per heavy atom. The van der Waals surface area contributed by atoms with E-state index in [1.54, 1.807) is 0 Å². The molecule has 0 heterocycles. The van der Waals surface area contributed by atoms with Gasteiger partial charge in [0.2, 0.25) is 0 Å². The summed E-state index contributed by atoms with van der Waals surface area (Å²) < 4.78 is 0. The minimum absolute atomic E-state index is 0. The van der Waals surface area contributed by atoms with Crippen molar-refractivity contribution in [1.29, 1.82) is 0 Å². The van der Waals surface area contributed by atoms with E-state index in [9.17, 15) is 0 Å². The van der Waals surface area contributed by atoms with Crippen LogP contribution in [-0.2, 0) is 0 Å². The summed E-state index contributed by atoms with van der Waals surface area (Å²) in [5, 5.41) is 0. The van der Waals surface area contributed by atoms with E-state index in [0.717, 1.165) is 0 Å². The number of hydrogen-bond donors (Lipinski definition) is 0. The Balaban J connectivity index is 0. The molecule has 40 valence electrons. The van der Waals surface area contributed by atoms with Crippen molar-refractivity contribution in [2.75, 3.05) is 0 Å². The van der Waals surface area contributed by atoms with Crippen molar-refractivity contribution in [3.63, 3.8) is 0 Å². The third-order valence-electron chi connectivity index (χ3n) is 0. The third-order valence-corrected chi connectivity index (χ3v) is 0. The van der Waals surface area contributed by atoms with E-state index in [1.807, 2.05) is 0 Å². The van der Waals surface area contributed by atoms with Gasteiger partial charge in [0.15, 0.2) is 0 Å². The fraction of sp³-hybridized carbons (Fsp3) is 1.00. The summed E-state index contributed by atoms with van der Waals surface area (Å²) >= 11 is -1.18. The first-order valence-corrected chi connectivity index (χ1v) is 13.4. The van der Waals surface area contributed by atoms with E-state index in [2.05, 4.69) is 19.8 Å². The normalized spacial score (nSPS) is 10.0. The fourth-order valence-electron chi connectivity index (χ4n) is 0. The molecule has 0 aliphatic heterocycles. The van der Waals surface area contributed by atoms with Crippen LogP contribution in [0.2, 0.25) is 19.8 Å². The maximum atomic E-state index is 2.40. The topological polar surface area (TPSA) is 0 Å². The molecule has 0 aromatic rings. The molecule has 0 amide bonds. The molecule has 0 saturated carbocycles. The first kappa shape index (κ1) is 10.5. The summed E-state index contributed by atoms with van der Waals surface area (Å²) in [5.41, 5.74) is 0. The van der Waals surface area contributed by atoms with Gasteiger partial charge in [0.1, 0.15) is 0 Å². The van der Waals surface area contributed by atoms with Crippen molar-refractivity contribution in [2.24, 2.45) is 0 Å². The van der Waals surface area contributed by atoms with Crippen molar-refractivity contribution in [2.45, 2.75) is 19.8 Å². The van der Waals surface area contributed by atoms with E-state index in [0.29, 0.717) is 0 Å². The molecule has 0 saturated heterocycles. The van der Waals surface area contributed by atoms with Gasteiger partial charge < -0.3 is 0 Å². The Bertz CT molecular complexity index is 23.0. The van der Waals surface area contributed by atoms with Gasteiger partial charge >= 0.3 is 38.1 Å². The standard InChI is InChI=1S/4CH3.HI.Sn/h4*1H3;1H;. The molecule has 0 rings (SSSR count). The van der Waals surface area contributed by atoms with Crippen LogP contribution in [0.25, 0.3) is 0 Å². The van der Waals surface area contributed by atoms with Gasteiger partial charge in [-0.25, -0.2) is 0 Å². The SMILES string of the molecule is I.[CH3][Sn]([CH3])([CH3])[CH3]. The van der Waals surface area contributed by atoms with Gasteiger partial charge in [-0.1, -0.05) is 0 Å². The van der Waals surface area contributed by atoms with Crippen molar-refractivity contribution in [3.05, 3.63) is 0 Å². The predicted molar refractivity (Wildman–Crippen MR) is 44.6 cm³/mol. The van der Waals surface area contributed by atoms with E-state index < -0.39 is 18.4 Å². The van der Waals surface area contributed by atoms with Crippen molar-refractivity contribution in [1.82, 2.24) is 0 Å². The molecule has 0 aromatic heterocycles. The van der Waals surface area contributed by atoms with E-state index >= 15 is 0 Å². The molecule has 0 aromatic carbocycles. The number of hydrogen-bond acceptors (Lipinski definition) is 0. The Labute approximate surface area is 61.6 Å². The zero-order valence-corrected chi connectivity index (χ0v) is 10.1. The van der Waals surface area contributed by atoms with Gasteiger partial charge in [-0.05, 0) is 0 Å². The van der Waals surface area contributed by atoms with Crippen molar-refractivity contribution in [3.8, 4) is 0 Å². The second-order valence-electron chi connectivity index (χ2n) is 3.00. The molecule has 2 heteroatoms. The average molecular weight is 307 g/mol. The fourth-order valence-corrected chi connectivity index (χ4v) is 0. The number of halogens is 1. The molecule has 0 nitrogen and oxygen atoms in total. The van der Waals surface area contributed by atoms with Crippen LogP contribution in [0.4, 0.5) is 0 Å². The predicted octanol–water partition coefficient (Wildman–Crippen LogP) is 2.57. The first-order valence-electron chi connectivity index (χ1n) is 2.00. The molecule has 0 N–H and O–H groups in total. The quantitative estimate of drug-likeness (QED) is 0.477. The van der Waals surface area contributed by atoms with Gasteiger partial charge in [0.05, 0.1) is 0 Å². The molecule has 6 heavy (non-hydrogen) atoms. The monoisotopic (exact) mass is 308 g/mol. The number of rotatable bonds is 0. The summed E-state index contributed by atoms with van der Waals surface area (Å²) in [7, 11) is 0. The zero-order valence-electron chi connectivity index (χ0n) is 4.91. The molecule has 0 bridgehead atoms. The summed E-state index contributed by atoms with van der Waals surface area (Å²) in [5.74, 6) is 0. The molecule has 0 aliphatic rings. The zero-order chi connectivity index (χ0) is 4.50. The van der Waals surface area contributed by atoms with Crippen molar-refractivity contribution >= 4 is 42.4 Å². The molecular weight excluding hydrogens is 294 g/mol. The van der Waals surface area contributed by atoms with Crippen LogP contribution >= 0.6 is 24.0 Å². The van der Waals surface area contributed by atoms with Crippen molar-refractivity contribution < 1.29 is 0 Å². The maximum absolute atomic E-state index is 2.40.